The van der Waals surface area contributed by atoms with Gasteiger partial charge in [-0.3, -0.25) is 4.79 Å². The van der Waals surface area contributed by atoms with E-state index in [2.05, 4.69) is 10.4 Å². The second-order valence-corrected chi connectivity index (χ2v) is 6.65. The molecule has 2 heterocycles. The fourth-order valence-electron chi connectivity index (χ4n) is 3.18. The molecular weight excluding hydrogens is 366 g/mol. The second kappa shape index (κ2) is 8.06. The molecule has 6 heteroatoms. The van der Waals surface area contributed by atoms with Crippen molar-refractivity contribution in [3.63, 3.8) is 0 Å². The zero-order chi connectivity index (χ0) is 20.2. The molecular formula is C23H21N3O3. The van der Waals surface area contributed by atoms with Crippen LogP contribution in [-0.2, 0) is 0 Å². The largest absolute Gasteiger partial charge is 0.494 e. The summed E-state index contributed by atoms with van der Waals surface area (Å²) in [5, 5.41) is 7.47. The molecule has 4 aromatic rings. The fourth-order valence-corrected chi connectivity index (χ4v) is 3.18. The Morgan fingerprint density at radius 2 is 1.93 bits per heavy atom. The van der Waals surface area contributed by atoms with Crippen LogP contribution < -0.4 is 10.1 Å². The molecule has 0 spiro atoms. The summed E-state index contributed by atoms with van der Waals surface area (Å²) in [6, 6.07) is 20.4. The molecule has 2 aromatic heterocycles. The average molecular weight is 387 g/mol. The molecule has 0 radical (unpaired) electrons. The van der Waals surface area contributed by atoms with Crippen LogP contribution in [0.15, 0.2) is 83.6 Å². The maximum Gasteiger partial charge on any atom is 0.272 e. The van der Waals surface area contributed by atoms with E-state index >= 15 is 0 Å². The van der Waals surface area contributed by atoms with Crippen molar-refractivity contribution >= 4 is 5.91 Å². The molecule has 1 N–H and O–H groups in total. The lowest BCUT2D eigenvalue weighted by atomic mass is 10.0. The molecule has 0 bridgehead atoms. The maximum atomic E-state index is 12.9. The average Bonchev–Trinajstić information content (AvgIpc) is 3.45. The van der Waals surface area contributed by atoms with E-state index in [0.717, 1.165) is 16.8 Å². The Morgan fingerprint density at radius 1 is 1.10 bits per heavy atom. The molecule has 0 aliphatic heterocycles. The number of carbonyl (C=O) groups is 1. The first kappa shape index (κ1) is 18.6. The Hall–Kier alpha value is -3.80. The summed E-state index contributed by atoms with van der Waals surface area (Å²) in [5.74, 6) is 1.05. The number of furan rings is 1. The molecule has 1 amide bonds. The van der Waals surface area contributed by atoms with Crippen LogP contribution in [0, 0.1) is 6.92 Å². The highest BCUT2D eigenvalue weighted by molar-refractivity contribution is 5.92. The Balaban J connectivity index is 1.61. The molecule has 0 saturated carbocycles. The number of amides is 1. The number of methoxy groups -OCH3 is 1. The van der Waals surface area contributed by atoms with Gasteiger partial charge in [0.2, 0.25) is 0 Å². The topological polar surface area (TPSA) is 69.3 Å². The SMILES string of the molecule is COc1ccc(C)cc1-n1ccc(C(=O)NC(c2ccccc2)c2ccco2)n1. The number of nitrogens with zero attached hydrogens (tertiary/aromatic N) is 2. The van der Waals surface area contributed by atoms with Gasteiger partial charge in [-0.1, -0.05) is 36.4 Å². The molecule has 2 aromatic carbocycles. The predicted molar refractivity (Wildman–Crippen MR) is 109 cm³/mol. The molecule has 1 atom stereocenters. The lowest BCUT2D eigenvalue weighted by Crippen LogP contribution is -2.29. The second-order valence-electron chi connectivity index (χ2n) is 6.65. The van der Waals surface area contributed by atoms with E-state index in [0.29, 0.717) is 17.2 Å². The maximum absolute atomic E-state index is 12.9. The van der Waals surface area contributed by atoms with Gasteiger partial charge in [0.05, 0.1) is 13.4 Å². The first-order valence-corrected chi connectivity index (χ1v) is 9.25. The van der Waals surface area contributed by atoms with Gasteiger partial charge in [-0.15, -0.1) is 0 Å². The summed E-state index contributed by atoms with van der Waals surface area (Å²) in [6.45, 7) is 1.99. The lowest BCUT2D eigenvalue weighted by Gasteiger charge is -2.16. The Labute approximate surface area is 168 Å². The van der Waals surface area contributed by atoms with E-state index in [-0.39, 0.29) is 5.91 Å². The highest BCUT2D eigenvalue weighted by atomic mass is 16.5. The van der Waals surface area contributed by atoms with Crippen LogP contribution in [0.25, 0.3) is 5.69 Å². The van der Waals surface area contributed by atoms with E-state index in [1.807, 2.05) is 61.5 Å². The van der Waals surface area contributed by atoms with Gasteiger partial charge in [-0.2, -0.15) is 5.10 Å². The number of aromatic nitrogens is 2. The summed E-state index contributed by atoms with van der Waals surface area (Å²) in [4.78, 5) is 12.9. The third kappa shape index (κ3) is 3.91. The van der Waals surface area contributed by atoms with Gasteiger partial charge >= 0.3 is 0 Å². The standard InChI is InChI=1S/C23H21N3O3/c1-16-10-11-20(28-2)19(15-16)26-13-12-18(25-26)23(27)24-22(21-9-6-14-29-21)17-7-4-3-5-8-17/h3-15,22H,1-2H3,(H,24,27). The van der Waals surface area contributed by atoms with Gasteiger partial charge in [0.1, 0.15) is 23.2 Å². The molecule has 0 saturated heterocycles. The Kier molecular flexibility index (Phi) is 5.16. The van der Waals surface area contributed by atoms with Gasteiger partial charge in [0.15, 0.2) is 5.69 Å². The van der Waals surface area contributed by atoms with Crippen molar-refractivity contribution in [3.8, 4) is 11.4 Å². The fraction of sp³-hybridized carbons (Fsp3) is 0.130. The number of hydrogen-bond acceptors (Lipinski definition) is 4. The minimum atomic E-state index is -0.405. The molecule has 1 unspecified atom stereocenters. The van der Waals surface area contributed by atoms with Gasteiger partial charge in [0, 0.05) is 6.20 Å². The lowest BCUT2D eigenvalue weighted by molar-refractivity contribution is 0.0933. The van der Waals surface area contributed by atoms with Crippen molar-refractivity contribution in [2.75, 3.05) is 7.11 Å². The van der Waals surface area contributed by atoms with Gasteiger partial charge in [0.25, 0.3) is 5.91 Å². The number of ether oxygens (including phenoxy) is 1. The van der Waals surface area contributed by atoms with Gasteiger partial charge < -0.3 is 14.5 Å². The highest BCUT2D eigenvalue weighted by Crippen LogP contribution is 2.25. The van der Waals surface area contributed by atoms with Crippen molar-refractivity contribution in [1.82, 2.24) is 15.1 Å². The van der Waals surface area contributed by atoms with Crippen LogP contribution in [0.3, 0.4) is 0 Å². The van der Waals surface area contributed by atoms with Crippen LogP contribution in [-0.4, -0.2) is 22.8 Å². The number of benzene rings is 2. The molecule has 0 aliphatic carbocycles. The van der Waals surface area contributed by atoms with Gasteiger partial charge in [-0.25, -0.2) is 4.68 Å². The normalized spacial score (nSPS) is 11.8. The quantitative estimate of drug-likeness (QED) is 0.535. The summed E-state index contributed by atoms with van der Waals surface area (Å²) in [7, 11) is 1.61. The van der Waals surface area contributed by atoms with E-state index in [4.69, 9.17) is 9.15 Å². The molecule has 29 heavy (non-hydrogen) atoms. The molecule has 0 fully saturated rings. The monoisotopic (exact) mass is 387 g/mol. The summed E-state index contributed by atoms with van der Waals surface area (Å²) in [6.07, 6.45) is 3.34. The molecule has 0 aliphatic rings. The van der Waals surface area contributed by atoms with E-state index in [1.54, 1.807) is 36.4 Å². The minimum absolute atomic E-state index is 0.291. The molecule has 146 valence electrons. The zero-order valence-electron chi connectivity index (χ0n) is 16.2. The first-order valence-electron chi connectivity index (χ1n) is 9.25. The number of carbonyl (C=O) groups excluding carboxylic acids is 1. The summed E-state index contributed by atoms with van der Waals surface area (Å²) < 4.78 is 12.6. The van der Waals surface area contributed by atoms with Crippen molar-refractivity contribution in [1.29, 1.82) is 0 Å². The van der Waals surface area contributed by atoms with E-state index in [9.17, 15) is 4.79 Å². The Bertz CT molecular complexity index is 1100. The van der Waals surface area contributed by atoms with E-state index < -0.39 is 6.04 Å². The number of nitrogens with one attached hydrogen (secondary N) is 1. The number of rotatable bonds is 6. The number of hydrogen-bond donors (Lipinski definition) is 1. The van der Waals surface area contributed by atoms with E-state index in [1.165, 1.54) is 0 Å². The third-order valence-corrected chi connectivity index (χ3v) is 4.64. The van der Waals surface area contributed by atoms with Crippen molar-refractivity contribution in [2.24, 2.45) is 0 Å². The smallest absolute Gasteiger partial charge is 0.272 e. The minimum Gasteiger partial charge on any atom is -0.494 e. The van der Waals surface area contributed by atoms with Gasteiger partial charge in [-0.05, 0) is 48.4 Å². The summed E-state index contributed by atoms with van der Waals surface area (Å²) in [5.41, 5.74) is 3.08. The summed E-state index contributed by atoms with van der Waals surface area (Å²) >= 11 is 0. The highest BCUT2D eigenvalue weighted by Gasteiger charge is 2.21. The number of aryl methyl sites for hydroxylation is 1. The van der Waals surface area contributed by atoms with Crippen molar-refractivity contribution in [2.45, 2.75) is 13.0 Å². The van der Waals surface area contributed by atoms with Crippen LogP contribution in [0.1, 0.15) is 33.4 Å². The van der Waals surface area contributed by atoms with Crippen LogP contribution in [0.5, 0.6) is 5.75 Å². The molecule has 6 nitrogen and oxygen atoms in total. The zero-order valence-corrected chi connectivity index (χ0v) is 16.2. The van der Waals surface area contributed by atoms with Crippen molar-refractivity contribution in [3.05, 3.63) is 102 Å². The first-order chi connectivity index (χ1) is 14.2. The van der Waals surface area contributed by atoms with Crippen LogP contribution in [0.4, 0.5) is 0 Å². The Morgan fingerprint density at radius 3 is 2.66 bits per heavy atom. The van der Waals surface area contributed by atoms with Crippen molar-refractivity contribution < 1.29 is 13.9 Å². The van der Waals surface area contributed by atoms with Crippen LogP contribution >= 0.6 is 0 Å². The molecule has 4 rings (SSSR count). The predicted octanol–water partition coefficient (Wildman–Crippen LogP) is 4.30. The third-order valence-electron chi connectivity index (χ3n) is 4.64. The van der Waals surface area contributed by atoms with Crippen LogP contribution in [0.2, 0.25) is 0 Å².